The van der Waals surface area contributed by atoms with Crippen LogP contribution in [-0.2, 0) is 4.79 Å². The van der Waals surface area contributed by atoms with Crippen molar-refractivity contribution < 1.29 is 9.18 Å². The van der Waals surface area contributed by atoms with Crippen LogP contribution in [0.5, 0.6) is 0 Å². The van der Waals surface area contributed by atoms with Crippen molar-refractivity contribution in [2.24, 2.45) is 5.92 Å². The third-order valence-electron chi connectivity index (χ3n) is 6.38. The minimum absolute atomic E-state index is 0.0423. The molecule has 10 nitrogen and oxygen atoms in total. The first-order valence-corrected chi connectivity index (χ1v) is 11.7. The maximum atomic E-state index is 16.0. The lowest BCUT2D eigenvalue weighted by atomic mass is 10.1. The molecule has 1 amide bonds. The molecule has 6 heterocycles. The number of aromatic amines is 2. The van der Waals surface area contributed by atoms with Crippen molar-refractivity contribution in [3.8, 4) is 33.9 Å². The maximum Gasteiger partial charge on any atom is 0.227 e. The first kappa shape index (κ1) is 21.2. The van der Waals surface area contributed by atoms with Crippen LogP contribution in [0.15, 0.2) is 61.4 Å². The Bertz CT molecular complexity index is 1810. The Morgan fingerprint density at radius 2 is 1.84 bits per heavy atom. The molecule has 1 aliphatic rings. The van der Waals surface area contributed by atoms with Gasteiger partial charge in [-0.2, -0.15) is 5.10 Å². The Labute approximate surface area is 208 Å². The van der Waals surface area contributed by atoms with Gasteiger partial charge < -0.3 is 10.3 Å². The van der Waals surface area contributed by atoms with E-state index in [4.69, 9.17) is 0 Å². The number of carbonyl (C=O) groups is 1. The summed E-state index contributed by atoms with van der Waals surface area (Å²) in [5.41, 5.74) is 4.79. The predicted octanol–water partition coefficient (Wildman–Crippen LogP) is 4.51. The molecule has 0 spiro atoms. The molecular weight excluding hydrogens is 473 g/mol. The largest absolute Gasteiger partial charge is 0.335 e. The van der Waals surface area contributed by atoms with Crippen LogP contribution in [0, 0.1) is 11.7 Å². The Balaban J connectivity index is 1.32. The summed E-state index contributed by atoms with van der Waals surface area (Å²) in [7, 11) is 0. The first-order valence-electron chi connectivity index (χ1n) is 11.7. The number of carbonyl (C=O) groups excluding carboxylic acids is 1. The number of anilines is 1. The van der Waals surface area contributed by atoms with Crippen LogP contribution < -0.4 is 5.32 Å². The van der Waals surface area contributed by atoms with Crippen LogP contribution in [0.2, 0.25) is 0 Å². The highest BCUT2D eigenvalue weighted by atomic mass is 19.1. The number of halogens is 1. The molecule has 6 aromatic heterocycles. The minimum Gasteiger partial charge on any atom is -0.335 e. The molecule has 0 atom stereocenters. The lowest BCUT2D eigenvalue weighted by Gasteiger charge is -2.07. The van der Waals surface area contributed by atoms with Gasteiger partial charge in [-0.25, -0.2) is 14.4 Å². The van der Waals surface area contributed by atoms with Gasteiger partial charge in [0, 0.05) is 41.8 Å². The summed E-state index contributed by atoms with van der Waals surface area (Å²) in [6.45, 7) is 0. The number of nitrogens with one attached hydrogen (secondary N) is 3. The van der Waals surface area contributed by atoms with Crippen molar-refractivity contribution in [3.05, 3.63) is 67.3 Å². The highest BCUT2D eigenvalue weighted by Crippen LogP contribution is 2.35. The van der Waals surface area contributed by atoms with Gasteiger partial charge in [0.15, 0.2) is 17.3 Å². The maximum absolute atomic E-state index is 16.0. The van der Waals surface area contributed by atoms with Gasteiger partial charge in [0.25, 0.3) is 0 Å². The molecule has 180 valence electrons. The number of rotatable bonds is 5. The number of H-pyrrole nitrogens is 2. The zero-order chi connectivity index (χ0) is 24.9. The van der Waals surface area contributed by atoms with Gasteiger partial charge in [-0.3, -0.25) is 24.8 Å². The van der Waals surface area contributed by atoms with E-state index in [1.165, 1.54) is 18.6 Å². The predicted molar refractivity (Wildman–Crippen MR) is 135 cm³/mol. The first-order chi connectivity index (χ1) is 18.2. The molecule has 0 saturated heterocycles. The average molecular weight is 491 g/mol. The lowest BCUT2D eigenvalue weighted by Crippen LogP contribution is -2.13. The van der Waals surface area contributed by atoms with E-state index in [9.17, 15) is 4.79 Å². The van der Waals surface area contributed by atoms with E-state index in [2.05, 4.69) is 45.4 Å². The molecule has 0 radical (unpaired) electrons. The minimum atomic E-state index is -0.573. The molecule has 3 N–H and O–H groups in total. The van der Waals surface area contributed by atoms with E-state index in [0.29, 0.717) is 39.4 Å². The molecule has 1 fully saturated rings. The Morgan fingerprint density at radius 3 is 2.68 bits per heavy atom. The fourth-order valence-electron chi connectivity index (χ4n) is 4.37. The van der Waals surface area contributed by atoms with E-state index < -0.39 is 5.82 Å². The van der Waals surface area contributed by atoms with Crippen molar-refractivity contribution in [2.45, 2.75) is 12.8 Å². The number of pyridine rings is 4. The van der Waals surface area contributed by atoms with Crippen LogP contribution in [-0.4, -0.2) is 46.0 Å². The SMILES string of the molecule is O=C(Nc1cncc(-c2ncc3[nH]nc(-c4nc5nccc(-c6ccncc6)c5[nH]4)c3c2F)c1)C1CC1. The van der Waals surface area contributed by atoms with E-state index in [0.717, 1.165) is 24.0 Å². The average Bonchev–Trinajstić information content (AvgIpc) is 3.54. The molecular formula is C26H18FN9O. The van der Waals surface area contributed by atoms with E-state index in [1.54, 1.807) is 24.7 Å². The van der Waals surface area contributed by atoms with E-state index >= 15 is 4.39 Å². The third kappa shape index (κ3) is 3.68. The molecule has 0 aromatic carbocycles. The van der Waals surface area contributed by atoms with Crippen LogP contribution >= 0.6 is 0 Å². The summed E-state index contributed by atoms with van der Waals surface area (Å²) < 4.78 is 16.0. The van der Waals surface area contributed by atoms with Crippen molar-refractivity contribution in [1.82, 2.24) is 40.1 Å². The molecule has 1 aliphatic carbocycles. The topological polar surface area (TPSA) is 138 Å². The van der Waals surface area contributed by atoms with Gasteiger partial charge >= 0.3 is 0 Å². The van der Waals surface area contributed by atoms with E-state index in [1.807, 2.05) is 18.2 Å². The molecule has 7 rings (SSSR count). The van der Waals surface area contributed by atoms with Gasteiger partial charge in [0.05, 0.1) is 34.5 Å². The van der Waals surface area contributed by atoms with Crippen LogP contribution in [0.4, 0.5) is 10.1 Å². The standard InChI is InChI=1S/C26H18FN9O/c27-20-19-18(12-31-21(20)15-9-16(11-29-10-15)32-26(37)14-1-2-14)35-36-23(19)25-33-22-17(5-8-30-24(22)34-25)13-3-6-28-7-4-13/h3-12,14H,1-2H2,(H,32,37)(H,35,36)(H,30,33,34). The summed E-state index contributed by atoms with van der Waals surface area (Å²) in [4.78, 5) is 36.9. The molecule has 11 heteroatoms. The van der Waals surface area contributed by atoms with Crippen molar-refractivity contribution in [1.29, 1.82) is 0 Å². The number of aromatic nitrogens is 8. The number of nitrogens with zero attached hydrogens (tertiary/aromatic N) is 6. The second kappa shape index (κ2) is 8.26. The summed E-state index contributed by atoms with van der Waals surface area (Å²) >= 11 is 0. The fraction of sp³-hybridized carbons (Fsp3) is 0.115. The van der Waals surface area contributed by atoms with Crippen LogP contribution in [0.3, 0.4) is 0 Å². The van der Waals surface area contributed by atoms with Gasteiger partial charge in [-0.05, 0) is 42.7 Å². The highest BCUT2D eigenvalue weighted by molar-refractivity contribution is 5.98. The monoisotopic (exact) mass is 491 g/mol. The quantitative estimate of drug-likeness (QED) is 0.323. The number of imidazole rings is 1. The molecule has 6 aromatic rings. The van der Waals surface area contributed by atoms with Gasteiger partial charge in [-0.1, -0.05) is 0 Å². The zero-order valence-electron chi connectivity index (χ0n) is 19.2. The molecule has 0 unspecified atom stereocenters. The normalized spacial score (nSPS) is 13.3. The molecule has 37 heavy (non-hydrogen) atoms. The van der Waals surface area contributed by atoms with Gasteiger partial charge in [0.2, 0.25) is 5.91 Å². The van der Waals surface area contributed by atoms with Gasteiger partial charge in [-0.15, -0.1) is 0 Å². The molecule has 1 saturated carbocycles. The summed E-state index contributed by atoms with van der Waals surface area (Å²) in [6, 6.07) is 7.33. The fourth-order valence-corrected chi connectivity index (χ4v) is 4.37. The smallest absolute Gasteiger partial charge is 0.227 e. The second-order valence-electron chi connectivity index (χ2n) is 8.89. The van der Waals surface area contributed by atoms with Crippen LogP contribution in [0.1, 0.15) is 12.8 Å². The number of fused-ring (bicyclic) bond motifs is 2. The highest BCUT2D eigenvalue weighted by Gasteiger charge is 2.29. The second-order valence-corrected chi connectivity index (χ2v) is 8.89. The van der Waals surface area contributed by atoms with Crippen molar-refractivity contribution in [2.75, 3.05) is 5.32 Å². The van der Waals surface area contributed by atoms with Crippen LogP contribution in [0.25, 0.3) is 56.0 Å². The van der Waals surface area contributed by atoms with Gasteiger partial charge in [0.1, 0.15) is 11.4 Å². The number of hydrogen-bond donors (Lipinski definition) is 3. The zero-order valence-corrected chi connectivity index (χ0v) is 19.2. The summed E-state index contributed by atoms with van der Waals surface area (Å²) in [5.74, 6) is -0.211. The molecule has 0 aliphatic heterocycles. The summed E-state index contributed by atoms with van der Waals surface area (Å²) in [6.07, 6.45) is 11.4. The van der Waals surface area contributed by atoms with Crippen molar-refractivity contribution >= 4 is 33.7 Å². The van der Waals surface area contributed by atoms with Crippen molar-refractivity contribution in [3.63, 3.8) is 0 Å². The third-order valence-corrected chi connectivity index (χ3v) is 6.38. The summed E-state index contributed by atoms with van der Waals surface area (Å²) in [5, 5.41) is 10.3. The lowest BCUT2D eigenvalue weighted by molar-refractivity contribution is -0.117. The Kier molecular flexibility index (Phi) is 4.74. The Morgan fingerprint density at radius 1 is 0.973 bits per heavy atom. The molecule has 0 bridgehead atoms. The number of amides is 1. The van der Waals surface area contributed by atoms with E-state index in [-0.39, 0.29) is 22.9 Å². The Hall–Kier alpha value is -5.06. The number of hydrogen-bond acceptors (Lipinski definition) is 7.